The van der Waals surface area contributed by atoms with Gasteiger partial charge in [0, 0.05) is 0 Å². The van der Waals surface area contributed by atoms with E-state index >= 15 is 0 Å². The predicted octanol–water partition coefficient (Wildman–Crippen LogP) is 2.85. The Kier molecular flexibility index (Phi) is 1.79. The first kappa shape index (κ1) is 4.56. The van der Waals surface area contributed by atoms with E-state index in [0.29, 0.717) is 0 Å². The molecule has 0 spiro atoms. The van der Waals surface area contributed by atoms with Crippen molar-refractivity contribution < 1.29 is 11.6 Å². The van der Waals surface area contributed by atoms with Crippen LogP contribution < -0.4 is 0 Å². The summed E-state index contributed by atoms with van der Waals surface area (Å²) in [6.45, 7) is 1.40. The highest BCUT2D eigenvalue weighted by atomic mass is 16.1. The van der Waals surface area contributed by atoms with Gasteiger partial charge in [0.15, 0.2) is 5.78 Å². The molecule has 0 aromatic heterocycles. The van der Waals surface area contributed by atoms with Crippen molar-refractivity contribution in [3.05, 3.63) is 54.0 Å². The third-order valence-corrected chi connectivity index (χ3v) is 1.22. The molecule has 0 aliphatic carbocycles. The Hall–Kier alpha value is -1.63. The molecule has 0 unspecified atom stereocenters. The Balaban J connectivity index is 3.22. The van der Waals surface area contributed by atoms with Crippen LogP contribution in [0.3, 0.4) is 0 Å². The molecule has 1 rings (SSSR count). The Morgan fingerprint density at radius 2 is 2.00 bits per heavy atom. The Morgan fingerprint density at radius 3 is 2.62 bits per heavy atom. The van der Waals surface area contributed by atoms with Crippen LogP contribution in [-0.4, -0.2) is 5.78 Å². The summed E-state index contributed by atoms with van der Waals surface area (Å²) in [5, 5.41) is 0. The lowest BCUT2D eigenvalue weighted by atomic mass is 10.2. The van der Waals surface area contributed by atoms with Gasteiger partial charge in [0.05, 0.1) is 6.85 Å². The molecule has 0 aliphatic rings. The molecular formula is C12H12O. The lowest BCUT2D eigenvalue weighted by molar-refractivity contribution is -0.112. The first-order valence-electron chi connectivity index (χ1n) is 6.28. The molecular weight excluding hydrogens is 160 g/mol. The van der Waals surface area contributed by atoms with E-state index in [2.05, 4.69) is 0 Å². The third kappa shape index (κ3) is 4.06. The smallest absolute Gasteiger partial charge is 0.152 e. The number of carbonyl (C=O) groups is 1. The fourth-order valence-electron chi connectivity index (χ4n) is 0.686. The highest BCUT2D eigenvalue weighted by Gasteiger charge is 1.80. The van der Waals surface area contributed by atoms with Crippen molar-refractivity contribution in [3.63, 3.8) is 0 Å². The zero-order valence-corrected chi connectivity index (χ0v) is 7.22. The zero-order valence-electron chi connectivity index (χ0n) is 12.2. The van der Waals surface area contributed by atoms with Crippen molar-refractivity contribution in [2.45, 2.75) is 6.92 Å². The van der Waals surface area contributed by atoms with Crippen molar-refractivity contribution in [1.29, 1.82) is 0 Å². The monoisotopic (exact) mass is 177 g/mol. The average molecular weight is 177 g/mol. The number of ketones is 1. The van der Waals surface area contributed by atoms with E-state index in [1.807, 2.05) is 0 Å². The maximum absolute atomic E-state index is 10.7. The van der Waals surface area contributed by atoms with Crippen molar-refractivity contribution in [2.75, 3.05) is 0 Å². The van der Waals surface area contributed by atoms with Gasteiger partial charge in [0.25, 0.3) is 0 Å². The standard InChI is InChI=1S/C12H12O/c1-11(13)7-5-6-10-12-8-3-2-4-9-12/h2-10H,1H3/b7-5+,10-6+/i2D,3D,4D,8D,9D. The van der Waals surface area contributed by atoms with Gasteiger partial charge >= 0.3 is 0 Å². The van der Waals surface area contributed by atoms with Gasteiger partial charge in [0.1, 0.15) is 0 Å². The maximum atomic E-state index is 10.7. The highest BCUT2D eigenvalue weighted by Crippen LogP contribution is 2.00. The van der Waals surface area contributed by atoms with Crippen molar-refractivity contribution >= 4 is 11.9 Å². The number of benzene rings is 1. The summed E-state index contributed by atoms with van der Waals surface area (Å²) in [5.41, 5.74) is 0.106. The first-order valence-corrected chi connectivity index (χ1v) is 3.78. The summed E-state index contributed by atoms with van der Waals surface area (Å²) in [6, 6.07) is -1.67. The summed E-state index contributed by atoms with van der Waals surface area (Å²) < 4.78 is 37.6. The van der Waals surface area contributed by atoms with Gasteiger partial charge in [-0.05, 0) is 18.6 Å². The number of hydrogen-bond donors (Lipinski definition) is 0. The van der Waals surface area contributed by atoms with Crippen LogP contribution >= 0.6 is 0 Å². The van der Waals surface area contributed by atoms with Crippen LogP contribution in [0.1, 0.15) is 19.3 Å². The SMILES string of the molecule is [2H]c1c([2H])c([2H])c(/C=C/C=C/C(C)=O)c([2H])c1[2H]. The van der Waals surface area contributed by atoms with Gasteiger partial charge in [-0.2, -0.15) is 0 Å². The van der Waals surface area contributed by atoms with Gasteiger partial charge in [-0.25, -0.2) is 0 Å². The summed E-state index contributed by atoms with van der Waals surface area (Å²) >= 11 is 0. The van der Waals surface area contributed by atoms with E-state index in [-0.39, 0.29) is 35.5 Å². The second kappa shape index (κ2) is 5.09. The Bertz CT molecular complexity index is 517. The van der Waals surface area contributed by atoms with Crippen LogP contribution in [0.25, 0.3) is 6.08 Å². The van der Waals surface area contributed by atoms with Crippen LogP contribution in [0.15, 0.2) is 48.4 Å². The molecule has 13 heavy (non-hydrogen) atoms. The van der Waals surface area contributed by atoms with Crippen LogP contribution in [-0.2, 0) is 4.79 Å². The topological polar surface area (TPSA) is 17.1 Å². The van der Waals surface area contributed by atoms with Crippen molar-refractivity contribution in [2.24, 2.45) is 0 Å². The number of rotatable bonds is 3. The molecule has 0 amide bonds. The molecule has 0 saturated carbocycles. The van der Waals surface area contributed by atoms with Gasteiger partial charge < -0.3 is 0 Å². The first-order chi connectivity index (χ1) is 8.36. The average Bonchev–Trinajstić information content (AvgIpc) is 2.32. The minimum atomic E-state index is -0.415. The van der Waals surface area contributed by atoms with E-state index in [1.165, 1.54) is 31.2 Å². The summed E-state index contributed by atoms with van der Waals surface area (Å²) in [4.78, 5) is 10.7. The number of hydrogen-bond acceptors (Lipinski definition) is 1. The molecule has 0 saturated heterocycles. The summed E-state index contributed by atoms with van der Waals surface area (Å²) in [6.07, 6.45) is 5.64. The van der Waals surface area contributed by atoms with Crippen LogP contribution in [0.4, 0.5) is 0 Å². The Morgan fingerprint density at radius 1 is 1.31 bits per heavy atom. The van der Waals surface area contributed by atoms with E-state index in [0.717, 1.165) is 0 Å². The Labute approximate surface area is 85.4 Å². The largest absolute Gasteiger partial charge is 0.295 e. The quantitative estimate of drug-likeness (QED) is 0.512. The van der Waals surface area contributed by atoms with E-state index in [1.54, 1.807) is 0 Å². The van der Waals surface area contributed by atoms with Crippen molar-refractivity contribution in [1.82, 2.24) is 0 Å². The fraction of sp³-hybridized carbons (Fsp3) is 0.0833. The van der Waals surface area contributed by atoms with Gasteiger partial charge in [-0.1, -0.05) is 48.4 Å². The highest BCUT2D eigenvalue weighted by molar-refractivity contribution is 5.87. The predicted molar refractivity (Wildman–Crippen MR) is 55.3 cm³/mol. The molecule has 0 N–H and O–H groups in total. The van der Waals surface area contributed by atoms with E-state index in [9.17, 15) is 4.79 Å². The lowest BCUT2D eigenvalue weighted by Crippen LogP contribution is -1.77. The molecule has 0 fully saturated rings. The lowest BCUT2D eigenvalue weighted by Gasteiger charge is -1.87. The normalized spacial score (nSPS) is 16.5. The second-order valence-electron chi connectivity index (χ2n) is 2.37. The van der Waals surface area contributed by atoms with E-state index < -0.39 is 6.04 Å². The molecule has 1 aromatic rings. The summed E-state index contributed by atoms with van der Waals surface area (Å²) in [5.74, 6) is -0.124. The fourth-order valence-corrected chi connectivity index (χ4v) is 0.686. The molecule has 1 nitrogen and oxygen atoms in total. The third-order valence-electron chi connectivity index (χ3n) is 1.22. The summed E-state index contributed by atoms with van der Waals surface area (Å²) in [7, 11) is 0. The molecule has 0 heterocycles. The molecule has 0 bridgehead atoms. The zero-order chi connectivity index (χ0) is 13.9. The van der Waals surface area contributed by atoms with Crippen molar-refractivity contribution in [3.8, 4) is 0 Å². The van der Waals surface area contributed by atoms with Crippen LogP contribution in [0.5, 0.6) is 0 Å². The maximum Gasteiger partial charge on any atom is 0.152 e. The van der Waals surface area contributed by atoms with Gasteiger partial charge in [-0.15, -0.1) is 0 Å². The molecule has 0 aliphatic heterocycles. The minimum Gasteiger partial charge on any atom is -0.295 e. The molecule has 0 atom stereocenters. The number of carbonyl (C=O) groups excluding carboxylic acids is 1. The molecule has 1 heteroatoms. The van der Waals surface area contributed by atoms with Gasteiger partial charge in [-0.3, -0.25) is 4.79 Å². The number of allylic oxidation sites excluding steroid dienone is 3. The molecule has 0 radical (unpaired) electrons. The van der Waals surface area contributed by atoms with Gasteiger partial charge in [0.2, 0.25) is 0 Å². The minimum absolute atomic E-state index is 0.106. The van der Waals surface area contributed by atoms with Crippen LogP contribution in [0.2, 0.25) is 0 Å². The van der Waals surface area contributed by atoms with E-state index in [4.69, 9.17) is 6.85 Å². The second-order valence-corrected chi connectivity index (χ2v) is 2.37. The molecule has 1 aromatic carbocycles. The van der Waals surface area contributed by atoms with Crippen LogP contribution in [0, 0.1) is 0 Å². The molecule has 66 valence electrons.